The highest BCUT2D eigenvalue weighted by Gasteiger charge is 2.06. The maximum atomic E-state index is 4.38. The zero-order valence-electron chi connectivity index (χ0n) is 8.85. The molecule has 4 nitrogen and oxygen atoms in total. The first-order valence-corrected chi connectivity index (χ1v) is 5.39. The van der Waals surface area contributed by atoms with Crippen LogP contribution in [0.2, 0.25) is 0 Å². The number of hydrogen-bond donors (Lipinski definition) is 1. The molecule has 0 amide bonds. The smallest absolute Gasteiger partial charge is 0.101 e. The van der Waals surface area contributed by atoms with Crippen LogP contribution in [-0.2, 0) is 6.42 Å². The molecule has 1 N–H and O–H groups in total. The van der Waals surface area contributed by atoms with Gasteiger partial charge in [-0.2, -0.15) is 0 Å². The third-order valence-electron chi connectivity index (χ3n) is 2.65. The predicted molar refractivity (Wildman–Crippen MR) is 63.5 cm³/mol. The summed E-state index contributed by atoms with van der Waals surface area (Å²) in [5.74, 6) is 1.07. The minimum absolute atomic E-state index is 0.854. The van der Waals surface area contributed by atoms with Crippen molar-refractivity contribution in [3.05, 3.63) is 36.2 Å². The Morgan fingerprint density at radius 2 is 2.00 bits per heavy atom. The predicted octanol–water partition coefficient (Wildman–Crippen LogP) is 1.17. The number of benzene rings is 1. The monoisotopic (exact) mass is 212 g/mol. The van der Waals surface area contributed by atoms with Crippen LogP contribution in [0.4, 0.5) is 0 Å². The maximum Gasteiger partial charge on any atom is 0.101 e. The van der Waals surface area contributed by atoms with Gasteiger partial charge in [-0.15, -0.1) is 0 Å². The van der Waals surface area contributed by atoms with Crippen molar-refractivity contribution in [2.24, 2.45) is 4.99 Å². The molecule has 1 aliphatic heterocycles. The van der Waals surface area contributed by atoms with E-state index in [9.17, 15) is 0 Å². The molecular formula is C12H12N4. The zero-order valence-corrected chi connectivity index (χ0v) is 8.85. The van der Waals surface area contributed by atoms with Crippen molar-refractivity contribution in [2.45, 2.75) is 6.42 Å². The lowest BCUT2D eigenvalue weighted by Crippen LogP contribution is -2.20. The summed E-state index contributed by atoms with van der Waals surface area (Å²) in [6, 6.07) is 6.16. The number of amidine groups is 1. The van der Waals surface area contributed by atoms with Gasteiger partial charge in [-0.1, -0.05) is 6.07 Å². The van der Waals surface area contributed by atoms with Crippen molar-refractivity contribution in [3.8, 4) is 0 Å². The van der Waals surface area contributed by atoms with Gasteiger partial charge < -0.3 is 5.32 Å². The Balaban J connectivity index is 1.92. The van der Waals surface area contributed by atoms with Crippen molar-refractivity contribution in [1.82, 2.24) is 15.3 Å². The number of nitrogens with zero attached hydrogens (tertiary/aromatic N) is 3. The Kier molecular flexibility index (Phi) is 2.25. The van der Waals surface area contributed by atoms with Crippen LogP contribution in [0.15, 0.2) is 35.6 Å². The largest absolute Gasteiger partial charge is 0.372 e. The van der Waals surface area contributed by atoms with E-state index in [4.69, 9.17) is 0 Å². The fourth-order valence-corrected chi connectivity index (χ4v) is 1.88. The second-order valence-corrected chi connectivity index (χ2v) is 3.81. The summed E-state index contributed by atoms with van der Waals surface area (Å²) in [4.78, 5) is 12.9. The van der Waals surface area contributed by atoms with Crippen LogP contribution in [0.3, 0.4) is 0 Å². The van der Waals surface area contributed by atoms with Crippen LogP contribution in [-0.4, -0.2) is 28.9 Å². The molecule has 0 saturated heterocycles. The molecule has 0 saturated carbocycles. The van der Waals surface area contributed by atoms with Gasteiger partial charge in [0, 0.05) is 25.4 Å². The zero-order chi connectivity index (χ0) is 10.8. The first-order valence-electron chi connectivity index (χ1n) is 5.39. The van der Waals surface area contributed by atoms with Crippen LogP contribution >= 0.6 is 0 Å². The van der Waals surface area contributed by atoms with Crippen molar-refractivity contribution >= 4 is 16.9 Å². The third-order valence-corrected chi connectivity index (χ3v) is 2.65. The van der Waals surface area contributed by atoms with Gasteiger partial charge in [0.05, 0.1) is 17.6 Å². The lowest BCUT2D eigenvalue weighted by atomic mass is 10.1. The highest BCUT2D eigenvalue weighted by molar-refractivity contribution is 5.86. The molecule has 1 aliphatic rings. The second-order valence-electron chi connectivity index (χ2n) is 3.81. The number of aliphatic imine (C=N–C) groups is 1. The molecule has 0 spiro atoms. The van der Waals surface area contributed by atoms with E-state index < -0.39 is 0 Å². The van der Waals surface area contributed by atoms with Gasteiger partial charge in [0.1, 0.15) is 5.84 Å². The van der Waals surface area contributed by atoms with Gasteiger partial charge >= 0.3 is 0 Å². The standard InChI is InChI=1S/C12H12N4/c1-2-10-11(14-4-3-13-10)7-9(1)8-12-15-5-6-16-12/h1-4,7H,5-6,8H2,(H,15,16). The Hall–Kier alpha value is -1.97. The van der Waals surface area contributed by atoms with E-state index in [0.717, 1.165) is 36.4 Å². The summed E-state index contributed by atoms with van der Waals surface area (Å²) < 4.78 is 0. The summed E-state index contributed by atoms with van der Waals surface area (Å²) in [6.45, 7) is 1.85. The molecule has 0 aliphatic carbocycles. The van der Waals surface area contributed by atoms with Gasteiger partial charge in [0.2, 0.25) is 0 Å². The Labute approximate surface area is 93.5 Å². The fourth-order valence-electron chi connectivity index (χ4n) is 1.88. The maximum absolute atomic E-state index is 4.38. The highest BCUT2D eigenvalue weighted by Crippen LogP contribution is 2.11. The van der Waals surface area contributed by atoms with Crippen molar-refractivity contribution < 1.29 is 0 Å². The minimum atomic E-state index is 0.854. The molecule has 3 rings (SSSR count). The van der Waals surface area contributed by atoms with Crippen LogP contribution < -0.4 is 5.32 Å². The second kappa shape index (κ2) is 3.89. The quantitative estimate of drug-likeness (QED) is 0.813. The molecule has 80 valence electrons. The van der Waals surface area contributed by atoms with Crippen LogP contribution in [0, 0.1) is 0 Å². The lowest BCUT2D eigenvalue weighted by molar-refractivity contribution is 0.953. The van der Waals surface area contributed by atoms with E-state index in [2.05, 4.69) is 32.4 Å². The SMILES string of the molecule is c1cnc2cc(CC3=NCCN3)ccc2n1. The molecule has 1 aromatic carbocycles. The van der Waals surface area contributed by atoms with E-state index in [-0.39, 0.29) is 0 Å². The molecule has 0 bridgehead atoms. The summed E-state index contributed by atoms with van der Waals surface area (Å²) in [6.07, 6.45) is 4.29. The molecule has 0 atom stereocenters. The number of rotatable bonds is 2. The normalized spacial score (nSPS) is 14.9. The Morgan fingerprint density at radius 1 is 1.12 bits per heavy atom. The first kappa shape index (κ1) is 9.27. The number of nitrogens with one attached hydrogen (secondary N) is 1. The van der Waals surface area contributed by atoms with Gasteiger partial charge in [0.25, 0.3) is 0 Å². The van der Waals surface area contributed by atoms with Crippen molar-refractivity contribution in [1.29, 1.82) is 0 Å². The Morgan fingerprint density at radius 3 is 2.81 bits per heavy atom. The molecule has 0 fully saturated rings. The molecule has 16 heavy (non-hydrogen) atoms. The summed E-state index contributed by atoms with van der Waals surface area (Å²) in [5.41, 5.74) is 3.10. The van der Waals surface area contributed by atoms with Gasteiger partial charge in [0.15, 0.2) is 0 Å². The van der Waals surface area contributed by atoms with Gasteiger partial charge in [-0.05, 0) is 17.7 Å². The number of hydrogen-bond acceptors (Lipinski definition) is 4. The Bertz CT molecular complexity index is 547. The molecule has 0 radical (unpaired) electrons. The summed E-state index contributed by atoms with van der Waals surface area (Å²) >= 11 is 0. The average molecular weight is 212 g/mol. The van der Waals surface area contributed by atoms with E-state index in [1.807, 2.05) is 6.07 Å². The summed E-state index contributed by atoms with van der Waals surface area (Å²) in [5, 5.41) is 3.27. The van der Waals surface area contributed by atoms with E-state index in [1.165, 1.54) is 5.56 Å². The molecule has 2 heterocycles. The van der Waals surface area contributed by atoms with Gasteiger partial charge in [-0.25, -0.2) is 0 Å². The molecular weight excluding hydrogens is 200 g/mol. The fraction of sp³-hybridized carbons (Fsp3) is 0.250. The highest BCUT2D eigenvalue weighted by atomic mass is 15.1. The van der Waals surface area contributed by atoms with Crippen molar-refractivity contribution in [2.75, 3.05) is 13.1 Å². The third kappa shape index (κ3) is 1.74. The first-order chi connectivity index (χ1) is 7.92. The van der Waals surface area contributed by atoms with E-state index in [1.54, 1.807) is 12.4 Å². The number of fused-ring (bicyclic) bond motifs is 1. The van der Waals surface area contributed by atoms with Crippen LogP contribution in [0.5, 0.6) is 0 Å². The lowest BCUT2D eigenvalue weighted by Gasteiger charge is -2.03. The van der Waals surface area contributed by atoms with Gasteiger partial charge in [-0.3, -0.25) is 15.0 Å². The van der Waals surface area contributed by atoms with Crippen LogP contribution in [0.25, 0.3) is 11.0 Å². The topological polar surface area (TPSA) is 50.2 Å². The van der Waals surface area contributed by atoms with E-state index >= 15 is 0 Å². The average Bonchev–Trinajstić information content (AvgIpc) is 2.82. The number of aromatic nitrogens is 2. The molecule has 1 aromatic heterocycles. The molecule has 2 aromatic rings. The van der Waals surface area contributed by atoms with Crippen molar-refractivity contribution in [3.63, 3.8) is 0 Å². The molecule has 4 heteroatoms. The van der Waals surface area contributed by atoms with E-state index in [0.29, 0.717) is 0 Å². The summed E-state index contributed by atoms with van der Waals surface area (Å²) in [7, 11) is 0. The minimum Gasteiger partial charge on any atom is -0.372 e. The van der Waals surface area contributed by atoms with Crippen LogP contribution in [0.1, 0.15) is 5.56 Å². The molecule has 0 unspecified atom stereocenters.